The third kappa shape index (κ3) is 10.1. The number of hydrogen-bond donors (Lipinski definition) is 4. The maximum atomic E-state index is 14.3. The Morgan fingerprint density at radius 1 is 0.792 bits per heavy atom. The summed E-state index contributed by atoms with van der Waals surface area (Å²) in [5.74, 6) is -0.584. The van der Waals surface area contributed by atoms with Crippen LogP contribution < -0.4 is 10.6 Å². The van der Waals surface area contributed by atoms with Gasteiger partial charge in [-0.25, -0.2) is 4.79 Å². The molecule has 0 heterocycles. The van der Waals surface area contributed by atoms with Crippen molar-refractivity contribution in [2.24, 2.45) is 0 Å². The van der Waals surface area contributed by atoms with Gasteiger partial charge in [0.15, 0.2) is 0 Å². The van der Waals surface area contributed by atoms with E-state index < -0.39 is 41.3 Å². The number of aliphatic hydroxyl groups is 1. The molecule has 0 saturated carbocycles. The van der Waals surface area contributed by atoms with Crippen LogP contribution in [-0.2, 0) is 17.6 Å². The number of nitrogens with one attached hydrogen (secondary N) is 2. The quantitative estimate of drug-likeness (QED) is 0.121. The van der Waals surface area contributed by atoms with Gasteiger partial charge in [-0.05, 0) is 88.1 Å². The third-order valence-corrected chi connectivity index (χ3v) is 9.01. The number of amides is 3. The van der Waals surface area contributed by atoms with E-state index in [9.17, 15) is 24.6 Å². The highest BCUT2D eigenvalue weighted by Gasteiger charge is 2.39. The second-order valence-electron chi connectivity index (χ2n) is 14.1. The largest absolute Gasteiger partial charge is 0.465 e. The zero-order valence-corrected chi connectivity index (χ0v) is 29.4. The zero-order valence-electron chi connectivity index (χ0n) is 28.6. The lowest BCUT2D eigenvalue weighted by Crippen LogP contribution is -2.60. The molecule has 4 N–H and O–H groups in total. The average molecular weight is 670 g/mol. The van der Waals surface area contributed by atoms with Gasteiger partial charge in [0.1, 0.15) is 6.04 Å². The third-order valence-electron chi connectivity index (χ3n) is 7.94. The number of aliphatic hydroxyl groups excluding tert-OH is 1. The first-order chi connectivity index (χ1) is 22.6. The van der Waals surface area contributed by atoms with Crippen molar-refractivity contribution in [1.29, 1.82) is 0 Å². The van der Waals surface area contributed by atoms with Gasteiger partial charge < -0.3 is 20.8 Å². The van der Waals surface area contributed by atoms with E-state index in [0.717, 1.165) is 21.2 Å². The predicted molar refractivity (Wildman–Crippen MR) is 194 cm³/mol. The minimum Gasteiger partial charge on any atom is -0.465 e. The van der Waals surface area contributed by atoms with Gasteiger partial charge in [-0.15, -0.1) is 11.8 Å². The molecular weight excluding hydrogens is 623 g/mol. The first kappa shape index (κ1) is 36.5. The predicted octanol–water partition coefficient (Wildman–Crippen LogP) is 6.94. The molecule has 8 nitrogen and oxygen atoms in total. The molecule has 0 unspecified atom stereocenters. The van der Waals surface area contributed by atoms with Gasteiger partial charge in [-0.3, -0.25) is 14.5 Å². The van der Waals surface area contributed by atoms with Gasteiger partial charge in [-0.2, -0.15) is 0 Å². The minimum atomic E-state index is -1.21. The Hall–Kier alpha value is -4.34. The van der Waals surface area contributed by atoms with Crippen molar-refractivity contribution in [2.75, 3.05) is 5.75 Å². The molecule has 0 aliphatic heterocycles. The molecule has 4 aromatic rings. The van der Waals surface area contributed by atoms with Gasteiger partial charge in [0.25, 0.3) is 5.91 Å². The number of hydrogen-bond acceptors (Lipinski definition) is 5. The van der Waals surface area contributed by atoms with Crippen LogP contribution in [0, 0.1) is 0 Å². The Labute approximate surface area is 287 Å². The molecule has 48 heavy (non-hydrogen) atoms. The second-order valence-corrected chi connectivity index (χ2v) is 15.2. The molecule has 4 aromatic carbocycles. The number of benzene rings is 4. The molecule has 3 atom stereocenters. The van der Waals surface area contributed by atoms with Crippen molar-refractivity contribution in [3.63, 3.8) is 0 Å². The van der Waals surface area contributed by atoms with Crippen LogP contribution in [0.25, 0.3) is 10.8 Å². The van der Waals surface area contributed by atoms with Crippen LogP contribution in [0.2, 0.25) is 0 Å². The minimum absolute atomic E-state index is 0.101. The highest BCUT2D eigenvalue weighted by Crippen LogP contribution is 2.28. The number of fused-ring (bicyclic) bond motifs is 1. The van der Waals surface area contributed by atoms with Crippen LogP contribution in [0.1, 0.15) is 63.0 Å². The maximum Gasteiger partial charge on any atom is 0.408 e. The first-order valence-corrected chi connectivity index (χ1v) is 17.2. The van der Waals surface area contributed by atoms with Crippen molar-refractivity contribution in [1.82, 2.24) is 15.5 Å². The van der Waals surface area contributed by atoms with E-state index in [1.165, 1.54) is 16.7 Å². The van der Waals surface area contributed by atoms with Gasteiger partial charge >= 0.3 is 6.09 Å². The molecule has 254 valence electrons. The Balaban J connectivity index is 1.63. The van der Waals surface area contributed by atoms with Crippen molar-refractivity contribution in [3.8, 4) is 0 Å². The number of nitrogens with zero attached hydrogens (tertiary/aromatic N) is 1. The fourth-order valence-corrected chi connectivity index (χ4v) is 6.74. The highest BCUT2D eigenvalue weighted by atomic mass is 32.2. The van der Waals surface area contributed by atoms with Crippen molar-refractivity contribution < 1.29 is 24.6 Å². The summed E-state index contributed by atoms with van der Waals surface area (Å²) in [4.78, 5) is 42.2. The summed E-state index contributed by atoms with van der Waals surface area (Å²) in [7, 11) is 0. The van der Waals surface area contributed by atoms with E-state index in [1.807, 2.05) is 99.6 Å². The highest BCUT2D eigenvalue weighted by molar-refractivity contribution is 7.99. The SMILES string of the molecule is CC(C)(C)NC(=O)c1ccccc1C[C@@H](O)[C@H](Cc1ccccc1)NC(=O)[C@@H](CSc1ccc2ccccc2c1)N(C(=O)O)C(C)(C)C. The van der Waals surface area contributed by atoms with Crippen LogP contribution in [0.3, 0.4) is 0 Å². The maximum absolute atomic E-state index is 14.3. The Bertz CT molecular complexity index is 1710. The Morgan fingerprint density at radius 2 is 1.42 bits per heavy atom. The zero-order chi connectivity index (χ0) is 35.1. The standard InChI is InChI=1S/C39H47N3O5S/c1-38(2,3)41-35(44)31-19-13-12-18-29(31)24-34(43)32(22-26-14-8-7-9-15-26)40-36(45)33(42(37(46)47)39(4,5)6)25-48-30-21-20-27-16-10-11-17-28(27)23-30/h7-21,23,32-34,43H,22,24-25H2,1-6H3,(H,40,45)(H,41,44)(H,46,47)/t32-,33+,34+/m0/s1. The normalized spacial score (nSPS) is 13.7. The topological polar surface area (TPSA) is 119 Å². The summed E-state index contributed by atoms with van der Waals surface area (Å²) in [6.07, 6.45) is -1.89. The van der Waals surface area contributed by atoms with Crippen molar-refractivity contribution in [2.45, 2.75) is 88.5 Å². The van der Waals surface area contributed by atoms with E-state index in [2.05, 4.69) is 10.6 Å². The van der Waals surface area contributed by atoms with E-state index in [4.69, 9.17) is 0 Å². The van der Waals surface area contributed by atoms with E-state index in [-0.39, 0.29) is 18.1 Å². The molecule has 0 bridgehead atoms. The van der Waals surface area contributed by atoms with Crippen LogP contribution in [-0.4, -0.2) is 68.0 Å². The van der Waals surface area contributed by atoms with Gasteiger partial charge in [0.05, 0.1) is 12.1 Å². The van der Waals surface area contributed by atoms with Gasteiger partial charge in [0, 0.05) is 33.7 Å². The van der Waals surface area contributed by atoms with Crippen molar-refractivity contribution in [3.05, 3.63) is 114 Å². The molecule has 4 rings (SSSR count). The van der Waals surface area contributed by atoms with Crippen LogP contribution in [0.15, 0.2) is 102 Å². The number of rotatable bonds is 12. The summed E-state index contributed by atoms with van der Waals surface area (Å²) >= 11 is 1.41. The number of thioether (sulfide) groups is 1. The first-order valence-electron chi connectivity index (χ1n) is 16.2. The van der Waals surface area contributed by atoms with Gasteiger partial charge in [0.2, 0.25) is 5.91 Å². The van der Waals surface area contributed by atoms with Crippen LogP contribution in [0.5, 0.6) is 0 Å². The monoisotopic (exact) mass is 669 g/mol. The van der Waals surface area contributed by atoms with E-state index >= 15 is 0 Å². The molecule has 0 aromatic heterocycles. The Morgan fingerprint density at radius 3 is 2.06 bits per heavy atom. The molecule has 0 spiro atoms. The number of carboxylic acid groups (broad SMARTS) is 1. The number of carbonyl (C=O) groups excluding carboxylic acids is 2. The van der Waals surface area contributed by atoms with Crippen LogP contribution in [0.4, 0.5) is 4.79 Å². The second kappa shape index (κ2) is 15.7. The molecule has 0 aliphatic rings. The fraction of sp³-hybridized carbons (Fsp3) is 0.359. The summed E-state index contributed by atoms with van der Waals surface area (Å²) in [5, 5.41) is 30.2. The summed E-state index contributed by atoms with van der Waals surface area (Å²) in [6.45, 7) is 11.0. The fourth-order valence-electron chi connectivity index (χ4n) is 5.71. The average Bonchev–Trinajstić information content (AvgIpc) is 3.01. The lowest BCUT2D eigenvalue weighted by Gasteiger charge is -2.39. The summed E-state index contributed by atoms with van der Waals surface area (Å²) in [5.41, 5.74) is 0.656. The van der Waals surface area contributed by atoms with Gasteiger partial charge in [-0.1, -0.05) is 78.9 Å². The molecule has 0 saturated heterocycles. The lowest BCUT2D eigenvalue weighted by atomic mass is 9.93. The molecule has 3 amide bonds. The molecule has 0 fully saturated rings. The van der Waals surface area contributed by atoms with E-state index in [1.54, 1.807) is 39.0 Å². The Kier molecular flexibility index (Phi) is 11.9. The molecule has 9 heteroatoms. The smallest absolute Gasteiger partial charge is 0.408 e. The summed E-state index contributed by atoms with van der Waals surface area (Å²) < 4.78 is 0. The molecule has 0 aliphatic carbocycles. The molecular formula is C39H47N3O5S. The molecule has 0 radical (unpaired) electrons. The van der Waals surface area contributed by atoms with E-state index in [0.29, 0.717) is 17.5 Å². The van der Waals surface area contributed by atoms with Crippen molar-refractivity contribution >= 4 is 40.4 Å². The summed E-state index contributed by atoms with van der Waals surface area (Å²) in [6, 6.07) is 28.8. The van der Waals surface area contributed by atoms with Crippen LogP contribution >= 0.6 is 11.8 Å². The lowest BCUT2D eigenvalue weighted by molar-refractivity contribution is -0.128. The number of carbonyl (C=O) groups is 3.